The van der Waals surface area contributed by atoms with Gasteiger partial charge in [0.25, 0.3) is 0 Å². The Bertz CT molecular complexity index is 554. The molecule has 0 aliphatic heterocycles. The monoisotopic (exact) mass is 201 g/mol. The molecule has 0 radical (unpaired) electrons. The van der Waals surface area contributed by atoms with Crippen LogP contribution in [0.4, 0.5) is 0 Å². The Kier molecular flexibility index (Phi) is 1.61. The van der Waals surface area contributed by atoms with Crippen LogP contribution in [-0.4, -0.2) is 15.0 Å². The predicted octanol–water partition coefficient (Wildman–Crippen LogP) is 2.69. The number of thiazole rings is 1. The number of nitrogens with one attached hydrogen (secondary N) is 1. The van der Waals surface area contributed by atoms with Crippen LogP contribution >= 0.6 is 11.3 Å². The van der Waals surface area contributed by atoms with Gasteiger partial charge in [0, 0.05) is 34.9 Å². The van der Waals surface area contributed by atoms with E-state index < -0.39 is 0 Å². The molecule has 1 N–H and O–H groups in total. The van der Waals surface area contributed by atoms with E-state index in [2.05, 4.69) is 21.0 Å². The molecular formula is C10H7N3S. The number of fused-ring (bicyclic) bond motifs is 1. The van der Waals surface area contributed by atoms with Gasteiger partial charge in [-0.15, -0.1) is 11.3 Å². The normalized spacial score (nSPS) is 10.9. The summed E-state index contributed by atoms with van der Waals surface area (Å²) in [5, 5.41) is 4.14. The first-order chi connectivity index (χ1) is 6.95. The largest absolute Gasteiger partial charge is 0.345 e. The zero-order valence-corrected chi connectivity index (χ0v) is 8.08. The van der Waals surface area contributed by atoms with E-state index in [0.29, 0.717) is 0 Å². The molecule has 0 aliphatic rings. The summed E-state index contributed by atoms with van der Waals surface area (Å²) in [4.78, 5) is 11.6. The van der Waals surface area contributed by atoms with Crippen molar-refractivity contribution in [2.24, 2.45) is 0 Å². The van der Waals surface area contributed by atoms with E-state index in [1.54, 1.807) is 17.5 Å². The third kappa shape index (κ3) is 1.04. The fourth-order valence-corrected chi connectivity index (χ4v) is 2.16. The van der Waals surface area contributed by atoms with Crippen molar-refractivity contribution < 1.29 is 0 Å². The Labute approximate surface area is 84.5 Å². The van der Waals surface area contributed by atoms with Crippen molar-refractivity contribution in [3.8, 4) is 10.6 Å². The third-order valence-electron chi connectivity index (χ3n) is 2.11. The Morgan fingerprint density at radius 1 is 1.21 bits per heavy atom. The van der Waals surface area contributed by atoms with E-state index in [9.17, 15) is 0 Å². The minimum absolute atomic E-state index is 0.915. The molecular weight excluding hydrogens is 194 g/mol. The van der Waals surface area contributed by atoms with E-state index in [4.69, 9.17) is 0 Å². The highest BCUT2D eigenvalue weighted by atomic mass is 32.1. The number of nitrogens with zero attached hydrogens (tertiary/aromatic N) is 2. The summed E-state index contributed by atoms with van der Waals surface area (Å²) in [6, 6.07) is 3.99. The smallest absolute Gasteiger partial charge is 0.137 e. The molecule has 3 aromatic rings. The van der Waals surface area contributed by atoms with Gasteiger partial charge in [-0.1, -0.05) is 0 Å². The number of H-pyrrole nitrogens is 1. The molecule has 3 aromatic heterocycles. The van der Waals surface area contributed by atoms with Gasteiger partial charge in [-0.3, -0.25) is 0 Å². The average Bonchev–Trinajstić information content (AvgIpc) is 2.85. The Morgan fingerprint density at radius 3 is 3.07 bits per heavy atom. The summed E-state index contributed by atoms with van der Waals surface area (Å²) in [7, 11) is 0. The second-order valence-corrected chi connectivity index (χ2v) is 3.83. The second kappa shape index (κ2) is 2.92. The molecule has 0 spiro atoms. The lowest BCUT2D eigenvalue weighted by atomic mass is 10.2. The van der Waals surface area contributed by atoms with Gasteiger partial charge in [0.05, 0.1) is 0 Å². The first kappa shape index (κ1) is 7.70. The number of rotatable bonds is 1. The maximum atomic E-state index is 4.28. The van der Waals surface area contributed by atoms with Gasteiger partial charge in [0.15, 0.2) is 0 Å². The van der Waals surface area contributed by atoms with Crippen LogP contribution < -0.4 is 0 Å². The minimum Gasteiger partial charge on any atom is -0.345 e. The molecule has 3 nitrogen and oxygen atoms in total. The Balaban J connectivity index is 2.33. The van der Waals surface area contributed by atoms with Crippen molar-refractivity contribution in [1.82, 2.24) is 15.0 Å². The number of aromatic amines is 1. The highest BCUT2D eigenvalue weighted by Gasteiger charge is 2.07. The Morgan fingerprint density at radius 2 is 2.21 bits per heavy atom. The summed E-state index contributed by atoms with van der Waals surface area (Å²) in [5.41, 5.74) is 2.04. The van der Waals surface area contributed by atoms with Crippen molar-refractivity contribution >= 4 is 22.4 Å². The SMILES string of the molecule is c1cnc2[nH]cc(-c3nccs3)c2c1. The fraction of sp³-hybridized carbons (Fsp3) is 0. The molecule has 0 aromatic carbocycles. The Hall–Kier alpha value is -1.68. The molecule has 0 amide bonds. The van der Waals surface area contributed by atoms with Gasteiger partial charge in [0.1, 0.15) is 10.7 Å². The zero-order chi connectivity index (χ0) is 9.38. The quantitative estimate of drug-likeness (QED) is 0.657. The van der Waals surface area contributed by atoms with E-state index >= 15 is 0 Å². The van der Waals surface area contributed by atoms with Crippen LogP contribution in [0, 0.1) is 0 Å². The first-order valence-corrected chi connectivity index (χ1v) is 5.15. The van der Waals surface area contributed by atoms with E-state index in [0.717, 1.165) is 21.6 Å². The standard InChI is InChI=1S/C10H7N3S/c1-2-7-8(10-12-4-5-14-10)6-13-9(7)11-3-1/h1-6H,(H,11,13). The van der Waals surface area contributed by atoms with Gasteiger partial charge in [-0.05, 0) is 12.1 Å². The average molecular weight is 201 g/mol. The molecule has 0 atom stereocenters. The van der Waals surface area contributed by atoms with Crippen molar-refractivity contribution in [2.45, 2.75) is 0 Å². The van der Waals surface area contributed by atoms with Gasteiger partial charge < -0.3 is 4.98 Å². The molecule has 3 heterocycles. The van der Waals surface area contributed by atoms with Crippen molar-refractivity contribution in [2.75, 3.05) is 0 Å². The molecule has 14 heavy (non-hydrogen) atoms. The van der Waals surface area contributed by atoms with E-state index in [1.165, 1.54) is 0 Å². The van der Waals surface area contributed by atoms with Crippen LogP contribution in [0.3, 0.4) is 0 Å². The highest BCUT2D eigenvalue weighted by Crippen LogP contribution is 2.28. The summed E-state index contributed by atoms with van der Waals surface area (Å²) in [6.07, 6.45) is 5.55. The molecule has 68 valence electrons. The van der Waals surface area contributed by atoms with Gasteiger partial charge >= 0.3 is 0 Å². The van der Waals surface area contributed by atoms with Crippen molar-refractivity contribution in [3.05, 3.63) is 36.1 Å². The molecule has 0 aliphatic carbocycles. The molecule has 4 heteroatoms. The first-order valence-electron chi connectivity index (χ1n) is 4.27. The van der Waals surface area contributed by atoms with Crippen LogP contribution in [0.1, 0.15) is 0 Å². The molecule has 0 bridgehead atoms. The third-order valence-corrected chi connectivity index (χ3v) is 2.92. The van der Waals surface area contributed by atoms with E-state index in [1.807, 2.05) is 23.8 Å². The maximum absolute atomic E-state index is 4.28. The van der Waals surface area contributed by atoms with Crippen LogP contribution in [-0.2, 0) is 0 Å². The van der Waals surface area contributed by atoms with Crippen LogP contribution in [0.5, 0.6) is 0 Å². The summed E-state index contributed by atoms with van der Waals surface area (Å²) < 4.78 is 0. The van der Waals surface area contributed by atoms with Crippen LogP contribution in [0.25, 0.3) is 21.6 Å². The molecule has 0 unspecified atom stereocenters. The summed E-state index contributed by atoms with van der Waals surface area (Å²) >= 11 is 1.64. The summed E-state index contributed by atoms with van der Waals surface area (Å²) in [6.45, 7) is 0. The second-order valence-electron chi connectivity index (χ2n) is 2.94. The number of pyridine rings is 1. The van der Waals surface area contributed by atoms with Gasteiger partial charge in [-0.25, -0.2) is 9.97 Å². The lowest BCUT2D eigenvalue weighted by Crippen LogP contribution is -1.74. The highest BCUT2D eigenvalue weighted by molar-refractivity contribution is 7.13. The summed E-state index contributed by atoms with van der Waals surface area (Å²) in [5.74, 6) is 0. The molecule has 0 saturated carbocycles. The zero-order valence-electron chi connectivity index (χ0n) is 7.27. The van der Waals surface area contributed by atoms with Crippen molar-refractivity contribution in [1.29, 1.82) is 0 Å². The minimum atomic E-state index is 0.915. The maximum Gasteiger partial charge on any atom is 0.137 e. The molecule has 0 saturated heterocycles. The van der Waals surface area contributed by atoms with Crippen LogP contribution in [0.15, 0.2) is 36.1 Å². The number of hydrogen-bond acceptors (Lipinski definition) is 3. The van der Waals surface area contributed by atoms with Gasteiger partial charge in [-0.2, -0.15) is 0 Å². The van der Waals surface area contributed by atoms with Crippen LogP contribution in [0.2, 0.25) is 0 Å². The topological polar surface area (TPSA) is 41.6 Å². The lowest BCUT2D eigenvalue weighted by Gasteiger charge is -1.91. The number of aromatic nitrogens is 3. The van der Waals surface area contributed by atoms with Gasteiger partial charge in [0.2, 0.25) is 0 Å². The van der Waals surface area contributed by atoms with E-state index in [-0.39, 0.29) is 0 Å². The molecule has 0 fully saturated rings. The number of hydrogen-bond donors (Lipinski definition) is 1. The lowest BCUT2D eigenvalue weighted by molar-refractivity contribution is 1.32. The van der Waals surface area contributed by atoms with Crippen molar-refractivity contribution in [3.63, 3.8) is 0 Å². The predicted molar refractivity (Wildman–Crippen MR) is 57.2 cm³/mol. The molecule has 3 rings (SSSR count). The fourth-order valence-electron chi connectivity index (χ4n) is 1.49.